The van der Waals surface area contributed by atoms with Crippen molar-refractivity contribution in [2.24, 2.45) is 5.41 Å². The van der Waals surface area contributed by atoms with E-state index in [1.54, 1.807) is 0 Å². The van der Waals surface area contributed by atoms with E-state index in [2.05, 4.69) is 35.1 Å². The largest absolute Gasteiger partial charge is 0.352 e. The molecule has 14 heavy (non-hydrogen) atoms. The van der Waals surface area contributed by atoms with Gasteiger partial charge in [-0.05, 0) is 24.7 Å². The van der Waals surface area contributed by atoms with Gasteiger partial charge in [-0.3, -0.25) is 4.79 Å². The normalized spacial score (nSPS) is 27.3. The van der Waals surface area contributed by atoms with E-state index in [0.29, 0.717) is 6.04 Å². The monoisotopic (exact) mass is 261 g/mol. The fraction of sp³-hybridized carbons (Fsp3) is 0.909. The highest BCUT2D eigenvalue weighted by molar-refractivity contribution is 9.10. The van der Waals surface area contributed by atoms with Crippen LogP contribution in [-0.4, -0.2) is 16.8 Å². The molecule has 0 heterocycles. The van der Waals surface area contributed by atoms with Gasteiger partial charge in [0.05, 0.1) is 4.83 Å². The van der Waals surface area contributed by atoms with E-state index in [-0.39, 0.29) is 16.1 Å². The van der Waals surface area contributed by atoms with Crippen molar-refractivity contribution in [2.75, 3.05) is 0 Å². The molecule has 0 radical (unpaired) electrons. The Bertz CT molecular complexity index is 215. The molecule has 3 heteroatoms. The second kappa shape index (κ2) is 4.65. The zero-order valence-corrected chi connectivity index (χ0v) is 10.9. The lowest BCUT2D eigenvalue weighted by molar-refractivity contribution is -0.121. The fourth-order valence-corrected chi connectivity index (χ4v) is 2.17. The first-order valence-electron chi connectivity index (χ1n) is 5.42. The van der Waals surface area contributed by atoms with Crippen LogP contribution >= 0.6 is 15.9 Å². The van der Waals surface area contributed by atoms with E-state index < -0.39 is 0 Å². The number of carbonyl (C=O) groups excluding carboxylic acids is 1. The van der Waals surface area contributed by atoms with Crippen LogP contribution < -0.4 is 5.32 Å². The summed E-state index contributed by atoms with van der Waals surface area (Å²) in [6, 6.07) is 0.363. The molecule has 1 aliphatic carbocycles. The molecule has 1 fully saturated rings. The number of halogens is 1. The molecule has 1 rings (SSSR count). The molecular formula is C11H20BrNO. The van der Waals surface area contributed by atoms with Crippen molar-refractivity contribution in [2.45, 2.75) is 57.3 Å². The average molecular weight is 262 g/mol. The minimum Gasteiger partial charge on any atom is -0.352 e. The van der Waals surface area contributed by atoms with Crippen molar-refractivity contribution in [1.82, 2.24) is 5.32 Å². The second-order valence-electron chi connectivity index (χ2n) is 4.82. The van der Waals surface area contributed by atoms with Crippen LogP contribution in [0.25, 0.3) is 0 Å². The second-order valence-corrected chi connectivity index (χ2v) is 5.92. The SMILES string of the molecule is CCC(Br)C(=O)NC1CCCC1(C)C. The molecule has 2 unspecified atom stereocenters. The first-order valence-corrected chi connectivity index (χ1v) is 6.33. The topological polar surface area (TPSA) is 29.1 Å². The van der Waals surface area contributed by atoms with Crippen molar-refractivity contribution in [3.8, 4) is 0 Å². The van der Waals surface area contributed by atoms with Gasteiger partial charge < -0.3 is 5.32 Å². The van der Waals surface area contributed by atoms with Gasteiger partial charge in [-0.25, -0.2) is 0 Å². The highest BCUT2D eigenvalue weighted by Crippen LogP contribution is 2.37. The Hall–Kier alpha value is -0.0500. The minimum atomic E-state index is -0.0288. The maximum Gasteiger partial charge on any atom is 0.234 e. The molecule has 2 nitrogen and oxygen atoms in total. The van der Waals surface area contributed by atoms with E-state index in [1.807, 2.05) is 6.92 Å². The number of carbonyl (C=O) groups is 1. The Labute approximate surface area is 95.0 Å². The molecule has 1 aliphatic rings. The lowest BCUT2D eigenvalue weighted by Crippen LogP contribution is -2.44. The summed E-state index contributed by atoms with van der Waals surface area (Å²) in [6.07, 6.45) is 4.43. The molecule has 0 aliphatic heterocycles. The lowest BCUT2D eigenvalue weighted by Gasteiger charge is -2.28. The summed E-state index contributed by atoms with van der Waals surface area (Å²) < 4.78 is 0. The fourth-order valence-electron chi connectivity index (χ4n) is 2.04. The van der Waals surface area contributed by atoms with E-state index >= 15 is 0 Å². The van der Waals surface area contributed by atoms with Crippen LogP contribution in [0.2, 0.25) is 0 Å². The Morgan fingerprint density at radius 3 is 2.71 bits per heavy atom. The van der Waals surface area contributed by atoms with Gasteiger partial charge in [0.1, 0.15) is 0 Å². The zero-order valence-electron chi connectivity index (χ0n) is 9.27. The molecule has 1 saturated carbocycles. The number of alkyl halides is 1. The Morgan fingerprint density at radius 1 is 1.64 bits per heavy atom. The predicted octanol–water partition coefficient (Wildman–Crippen LogP) is 2.85. The van der Waals surface area contributed by atoms with Crippen LogP contribution in [-0.2, 0) is 4.79 Å². The molecule has 0 bridgehead atoms. The molecule has 1 N–H and O–H groups in total. The number of amides is 1. The summed E-state index contributed by atoms with van der Waals surface area (Å²) in [7, 11) is 0. The number of hydrogen-bond donors (Lipinski definition) is 1. The predicted molar refractivity (Wildman–Crippen MR) is 62.6 cm³/mol. The zero-order chi connectivity index (χ0) is 10.8. The third kappa shape index (κ3) is 2.72. The smallest absolute Gasteiger partial charge is 0.234 e. The van der Waals surface area contributed by atoms with E-state index in [9.17, 15) is 4.79 Å². The summed E-state index contributed by atoms with van der Waals surface area (Å²) in [4.78, 5) is 11.6. The van der Waals surface area contributed by atoms with Crippen molar-refractivity contribution < 1.29 is 4.79 Å². The summed E-state index contributed by atoms with van der Waals surface area (Å²) >= 11 is 3.37. The summed E-state index contributed by atoms with van der Waals surface area (Å²) in [5, 5.41) is 3.13. The molecule has 0 spiro atoms. The number of rotatable bonds is 3. The third-order valence-corrected chi connectivity index (χ3v) is 4.28. The molecule has 0 aromatic carbocycles. The van der Waals surface area contributed by atoms with Gasteiger partial charge in [-0.15, -0.1) is 0 Å². The lowest BCUT2D eigenvalue weighted by atomic mass is 9.87. The van der Waals surface area contributed by atoms with Crippen LogP contribution in [0.1, 0.15) is 46.5 Å². The quantitative estimate of drug-likeness (QED) is 0.778. The van der Waals surface area contributed by atoms with Crippen molar-refractivity contribution in [3.63, 3.8) is 0 Å². The summed E-state index contributed by atoms with van der Waals surface area (Å²) in [5.41, 5.74) is 0.274. The van der Waals surface area contributed by atoms with Crippen LogP contribution in [0.3, 0.4) is 0 Å². The molecular weight excluding hydrogens is 242 g/mol. The number of nitrogens with one attached hydrogen (secondary N) is 1. The average Bonchev–Trinajstić information content (AvgIpc) is 2.44. The molecule has 0 aromatic heterocycles. The van der Waals surface area contributed by atoms with Crippen LogP contribution in [0.15, 0.2) is 0 Å². The van der Waals surface area contributed by atoms with Crippen LogP contribution in [0.5, 0.6) is 0 Å². The highest BCUT2D eigenvalue weighted by Gasteiger charge is 2.35. The van der Waals surface area contributed by atoms with E-state index in [0.717, 1.165) is 12.8 Å². The first kappa shape index (κ1) is 12.0. The first-order chi connectivity index (χ1) is 6.47. The number of hydrogen-bond acceptors (Lipinski definition) is 1. The molecule has 0 saturated heterocycles. The maximum atomic E-state index is 11.7. The van der Waals surface area contributed by atoms with Gasteiger partial charge in [0.15, 0.2) is 0 Å². The van der Waals surface area contributed by atoms with E-state index in [4.69, 9.17) is 0 Å². The molecule has 82 valence electrons. The van der Waals surface area contributed by atoms with Gasteiger partial charge in [-0.2, -0.15) is 0 Å². The van der Waals surface area contributed by atoms with Gasteiger partial charge in [0.25, 0.3) is 0 Å². The molecule has 0 aromatic rings. The Kier molecular flexibility index (Phi) is 3.99. The van der Waals surface area contributed by atoms with E-state index in [1.165, 1.54) is 12.8 Å². The van der Waals surface area contributed by atoms with Crippen molar-refractivity contribution in [1.29, 1.82) is 0 Å². The summed E-state index contributed by atoms with van der Waals surface area (Å²) in [5.74, 6) is 0.146. The third-order valence-electron chi connectivity index (χ3n) is 3.22. The van der Waals surface area contributed by atoms with Gasteiger partial charge in [-0.1, -0.05) is 43.1 Å². The summed E-state index contributed by atoms with van der Waals surface area (Å²) in [6.45, 7) is 6.49. The van der Waals surface area contributed by atoms with Gasteiger partial charge >= 0.3 is 0 Å². The minimum absolute atomic E-state index is 0.0288. The van der Waals surface area contributed by atoms with Gasteiger partial charge in [0.2, 0.25) is 5.91 Å². The van der Waals surface area contributed by atoms with Crippen molar-refractivity contribution in [3.05, 3.63) is 0 Å². The standard InChI is InChI=1S/C11H20BrNO/c1-4-8(12)10(14)13-9-6-5-7-11(9,2)3/h8-9H,4-7H2,1-3H3,(H,13,14). The Balaban J connectivity index is 2.48. The molecule has 1 amide bonds. The van der Waals surface area contributed by atoms with Crippen LogP contribution in [0.4, 0.5) is 0 Å². The van der Waals surface area contributed by atoms with Gasteiger partial charge in [0, 0.05) is 6.04 Å². The Morgan fingerprint density at radius 2 is 2.29 bits per heavy atom. The highest BCUT2D eigenvalue weighted by atomic mass is 79.9. The molecule has 2 atom stereocenters. The van der Waals surface area contributed by atoms with Crippen LogP contribution in [0, 0.1) is 5.41 Å². The maximum absolute atomic E-state index is 11.7. The van der Waals surface area contributed by atoms with Crippen molar-refractivity contribution >= 4 is 21.8 Å².